The van der Waals surface area contributed by atoms with Gasteiger partial charge >= 0.3 is 0 Å². The Morgan fingerprint density at radius 3 is 2.77 bits per heavy atom. The third-order valence-corrected chi connectivity index (χ3v) is 2.45. The van der Waals surface area contributed by atoms with E-state index < -0.39 is 0 Å². The van der Waals surface area contributed by atoms with Crippen LogP contribution in [0.4, 0.5) is 0 Å². The van der Waals surface area contributed by atoms with Crippen LogP contribution in [-0.2, 0) is 0 Å². The Morgan fingerprint density at radius 2 is 2.08 bits per heavy atom. The van der Waals surface area contributed by atoms with E-state index in [1.165, 1.54) is 0 Å². The summed E-state index contributed by atoms with van der Waals surface area (Å²) in [5.74, 6) is 0. The maximum absolute atomic E-state index is 4.05. The van der Waals surface area contributed by atoms with Crippen LogP contribution in [0.3, 0.4) is 0 Å². The van der Waals surface area contributed by atoms with Gasteiger partial charge in [-0.3, -0.25) is 5.10 Å². The minimum Gasteiger partial charge on any atom is -0.285 e. The van der Waals surface area contributed by atoms with E-state index >= 15 is 0 Å². The first kappa shape index (κ1) is 8.51. The van der Waals surface area contributed by atoms with Crippen LogP contribution in [0.1, 0.15) is 11.3 Å². The average molecular weight is 236 g/mol. The minimum absolute atomic E-state index is 0.937. The van der Waals surface area contributed by atoms with Gasteiger partial charge in [-0.2, -0.15) is 5.10 Å². The van der Waals surface area contributed by atoms with Crippen molar-refractivity contribution in [3.8, 4) is 0 Å². The predicted octanol–water partition coefficient (Wildman–Crippen LogP) is 2.77. The molecule has 1 N–H and O–H groups in total. The molecule has 0 aliphatic rings. The molecule has 0 atom stereocenters. The molecule has 13 heavy (non-hydrogen) atoms. The zero-order valence-corrected chi connectivity index (χ0v) is 8.45. The van der Waals surface area contributed by atoms with Gasteiger partial charge in [0.25, 0.3) is 0 Å². The molecule has 2 aromatic rings. The SMILES string of the molecule is Brc1ccccc1[CH]c1cc[nH]n1. The van der Waals surface area contributed by atoms with E-state index in [1.807, 2.05) is 42.9 Å². The van der Waals surface area contributed by atoms with Crippen molar-refractivity contribution < 1.29 is 0 Å². The van der Waals surface area contributed by atoms with Crippen molar-refractivity contribution in [2.24, 2.45) is 0 Å². The largest absolute Gasteiger partial charge is 0.285 e. The molecule has 1 aromatic carbocycles. The smallest absolute Gasteiger partial charge is 0.0707 e. The van der Waals surface area contributed by atoms with Crippen LogP contribution >= 0.6 is 15.9 Å². The van der Waals surface area contributed by atoms with Crippen molar-refractivity contribution in [3.63, 3.8) is 0 Å². The topological polar surface area (TPSA) is 28.7 Å². The fourth-order valence-corrected chi connectivity index (χ4v) is 1.50. The minimum atomic E-state index is 0.937. The highest BCUT2D eigenvalue weighted by atomic mass is 79.9. The van der Waals surface area contributed by atoms with Crippen LogP contribution in [0.2, 0.25) is 0 Å². The van der Waals surface area contributed by atoms with E-state index in [0.717, 1.165) is 15.7 Å². The maximum atomic E-state index is 4.05. The summed E-state index contributed by atoms with van der Waals surface area (Å²) in [4.78, 5) is 0. The lowest BCUT2D eigenvalue weighted by Gasteiger charge is -1.99. The summed E-state index contributed by atoms with van der Waals surface area (Å²) in [5.41, 5.74) is 2.07. The summed E-state index contributed by atoms with van der Waals surface area (Å²) in [5, 5.41) is 6.82. The lowest BCUT2D eigenvalue weighted by Crippen LogP contribution is -1.86. The van der Waals surface area contributed by atoms with E-state index in [4.69, 9.17) is 0 Å². The summed E-state index contributed by atoms with van der Waals surface area (Å²) in [6.07, 6.45) is 3.82. The third kappa shape index (κ3) is 1.98. The third-order valence-electron chi connectivity index (χ3n) is 1.73. The highest BCUT2D eigenvalue weighted by Crippen LogP contribution is 2.19. The zero-order valence-electron chi connectivity index (χ0n) is 6.87. The van der Waals surface area contributed by atoms with E-state index in [2.05, 4.69) is 26.1 Å². The van der Waals surface area contributed by atoms with Gasteiger partial charge in [0.15, 0.2) is 0 Å². The lowest BCUT2D eigenvalue weighted by atomic mass is 10.1. The number of aromatic nitrogens is 2. The van der Waals surface area contributed by atoms with Crippen LogP contribution in [-0.4, -0.2) is 10.2 Å². The molecule has 1 radical (unpaired) electrons. The lowest BCUT2D eigenvalue weighted by molar-refractivity contribution is 1.06. The van der Waals surface area contributed by atoms with Gasteiger partial charge in [0, 0.05) is 17.1 Å². The molecule has 65 valence electrons. The van der Waals surface area contributed by atoms with E-state index in [9.17, 15) is 0 Å². The first-order valence-corrected chi connectivity index (χ1v) is 4.74. The summed E-state index contributed by atoms with van der Waals surface area (Å²) in [7, 11) is 0. The maximum Gasteiger partial charge on any atom is 0.0707 e. The highest BCUT2D eigenvalue weighted by molar-refractivity contribution is 9.10. The fraction of sp³-hybridized carbons (Fsp3) is 0. The van der Waals surface area contributed by atoms with Crippen LogP contribution in [0, 0.1) is 6.42 Å². The Balaban J connectivity index is 2.24. The van der Waals surface area contributed by atoms with Gasteiger partial charge in [-0.25, -0.2) is 0 Å². The molecule has 3 heteroatoms. The normalized spacial score (nSPS) is 10.2. The number of hydrogen-bond acceptors (Lipinski definition) is 1. The first-order valence-electron chi connectivity index (χ1n) is 3.95. The van der Waals surface area contributed by atoms with Crippen LogP contribution in [0.25, 0.3) is 0 Å². The van der Waals surface area contributed by atoms with Crippen molar-refractivity contribution in [1.82, 2.24) is 10.2 Å². The van der Waals surface area contributed by atoms with Gasteiger partial charge in [0.05, 0.1) is 5.69 Å². The number of halogens is 1. The number of nitrogens with one attached hydrogen (secondary N) is 1. The molecule has 0 amide bonds. The molecule has 1 heterocycles. The highest BCUT2D eigenvalue weighted by Gasteiger charge is 2.01. The van der Waals surface area contributed by atoms with E-state index in [-0.39, 0.29) is 0 Å². The first-order chi connectivity index (χ1) is 6.36. The fourth-order valence-electron chi connectivity index (χ4n) is 1.10. The van der Waals surface area contributed by atoms with Crippen molar-refractivity contribution in [2.75, 3.05) is 0 Å². The molecule has 0 aliphatic heterocycles. The molecular formula is C10H8BrN2. The summed E-state index contributed by atoms with van der Waals surface area (Å²) < 4.78 is 1.08. The molecule has 0 saturated carbocycles. The van der Waals surface area contributed by atoms with Gasteiger partial charge in [-0.15, -0.1) is 0 Å². The number of hydrogen-bond donors (Lipinski definition) is 1. The number of nitrogens with zero attached hydrogens (tertiary/aromatic N) is 1. The molecule has 0 bridgehead atoms. The van der Waals surface area contributed by atoms with Gasteiger partial charge in [-0.05, 0) is 17.7 Å². The molecule has 0 aliphatic carbocycles. The molecule has 0 fully saturated rings. The molecule has 2 rings (SSSR count). The Morgan fingerprint density at radius 1 is 1.23 bits per heavy atom. The van der Waals surface area contributed by atoms with Crippen LogP contribution in [0.15, 0.2) is 41.0 Å². The summed E-state index contributed by atoms with van der Waals surface area (Å²) in [6.45, 7) is 0. The molecular weight excluding hydrogens is 228 g/mol. The van der Waals surface area contributed by atoms with Crippen LogP contribution < -0.4 is 0 Å². The number of rotatable bonds is 2. The second kappa shape index (κ2) is 3.75. The monoisotopic (exact) mass is 235 g/mol. The Kier molecular flexibility index (Phi) is 2.45. The second-order valence-electron chi connectivity index (χ2n) is 2.66. The number of aromatic amines is 1. The number of benzene rings is 1. The van der Waals surface area contributed by atoms with Gasteiger partial charge in [0.2, 0.25) is 0 Å². The molecule has 1 aromatic heterocycles. The van der Waals surface area contributed by atoms with Crippen molar-refractivity contribution in [2.45, 2.75) is 0 Å². The Labute approximate surface area is 85.1 Å². The van der Waals surface area contributed by atoms with Crippen molar-refractivity contribution in [3.05, 3.63) is 58.7 Å². The van der Waals surface area contributed by atoms with Gasteiger partial charge < -0.3 is 0 Å². The van der Waals surface area contributed by atoms with Gasteiger partial charge in [-0.1, -0.05) is 34.1 Å². The molecule has 0 saturated heterocycles. The van der Waals surface area contributed by atoms with Gasteiger partial charge in [0.1, 0.15) is 0 Å². The second-order valence-corrected chi connectivity index (χ2v) is 3.52. The Hall–Kier alpha value is -1.09. The zero-order chi connectivity index (χ0) is 9.10. The van der Waals surface area contributed by atoms with E-state index in [1.54, 1.807) is 0 Å². The quantitative estimate of drug-likeness (QED) is 0.853. The van der Waals surface area contributed by atoms with E-state index in [0.29, 0.717) is 0 Å². The van der Waals surface area contributed by atoms with Crippen LogP contribution in [0.5, 0.6) is 0 Å². The molecule has 0 unspecified atom stereocenters. The average Bonchev–Trinajstić information content (AvgIpc) is 2.61. The van der Waals surface area contributed by atoms with Crippen molar-refractivity contribution >= 4 is 15.9 Å². The standard InChI is InChI=1S/C10H8BrN2/c11-10-4-2-1-3-8(10)7-9-5-6-12-13-9/h1-7H,(H,12,13). The van der Waals surface area contributed by atoms with Crippen molar-refractivity contribution in [1.29, 1.82) is 0 Å². The molecule has 2 nitrogen and oxygen atoms in total. The summed E-state index contributed by atoms with van der Waals surface area (Å²) in [6, 6.07) is 9.98. The molecule has 0 spiro atoms. The predicted molar refractivity (Wildman–Crippen MR) is 55.2 cm³/mol. The number of H-pyrrole nitrogens is 1. The Bertz CT molecular complexity index is 382. The summed E-state index contributed by atoms with van der Waals surface area (Å²) >= 11 is 3.47.